The average molecular weight is 529 g/mol. The number of piperidine rings is 1. The van der Waals surface area contributed by atoms with Crippen LogP contribution in [0.5, 0.6) is 0 Å². The number of nitrogens with zero attached hydrogens (tertiary/aromatic N) is 2. The van der Waals surface area contributed by atoms with Crippen LogP contribution in [0.2, 0.25) is 0 Å². The van der Waals surface area contributed by atoms with Gasteiger partial charge < -0.3 is 14.9 Å². The average Bonchev–Trinajstić information content (AvgIpc) is 2.89. The van der Waals surface area contributed by atoms with Crippen molar-refractivity contribution in [1.82, 2.24) is 4.90 Å². The third-order valence-corrected chi connectivity index (χ3v) is 6.00. The van der Waals surface area contributed by atoms with Crippen molar-refractivity contribution in [3.8, 4) is 0 Å². The molecule has 2 N–H and O–H groups in total. The Hall–Kier alpha value is -4.05. The maximum atomic E-state index is 14.0. The van der Waals surface area contributed by atoms with Crippen LogP contribution in [0.1, 0.15) is 38.7 Å². The van der Waals surface area contributed by atoms with Crippen LogP contribution in [0.3, 0.4) is 0 Å². The van der Waals surface area contributed by atoms with Crippen LogP contribution in [0.25, 0.3) is 0 Å². The van der Waals surface area contributed by atoms with Gasteiger partial charge in [-0.15, -0.1) is 0 Å². The molecule has 1 amide bonds. The minimum Gasteiger partial charge on any atom is -0.478 e. The van der Waals surface area contributed by atoms with Gasteiger partial charge >= 0.3 is 17.9 Å². The molecule has 10 heteroatoms. The Kier molecular flexibility index (Phi) is 11.6. The van der Waals surface area contributed by atoms with Crippen LogP contribution in [0.15, 0.2) is 66.7 Å². The minimum atomic E-state index is -1.26. The topological polar surface area (TPSA) is 124 Å². The van der Waals surface area contributed by atoms with Gasteiger partial charge in [-0.1, -0.05) is 43.3 Å². The number of aliphatic carboxylic acids is 2. The van der Waals surface area contributed by atoms with Crippen LogP contribution in [-0.4, -0.2) is 64.2 Å². The number of hydrogen-bond donors (Lipinski definition) is 2. The fourth-order valence-corrected chi connectivity index (χ4v) is 4.25. The Morgan fingerprint density at radius 1 is 0.974 bits per heavy atom. The van der Waals surface area contributed by atoms with Crippen molar-refractivity contribution < 1.29 is 38.5 Å². The van der Waals surface area contributed by atoms with Crippen molar-refractivity contribution in [2.75, 3.05) is 24.6 Å². The maximum Gasteiger partial charge on any atom is 0.332 e. The van der Waals surface area contributed by atoms with Gasteiger partial charge in [-0.2, -0.15) is 0 Å². The molecular weight excluding hydrogens is 495 g/mol. The van der Waals surface area contributed by atoms with Crippen molar-refractivity contribution in [2.24, 2.45) is 0 Å². The lowest BCUT2D eigenvalue weighted by atomic mass is 9.84. The first-order valence-corrected chi connectivity index (χ1v) is 12.3. The van der Waals surface area contributed by atoms with Gasteiger partial charge in [-0.3, -0.25) is 14.6 Å². The number of rotatable bonds is 9. The Morgan fingerprint density at radius 3 is 2.08 bits per heavy atom. The molecule has 204 valence electrons. The summed E-state index contributed by atoms with van der Waals surface area (Å²) in [4.78, 5) is 49.0. The second kappa shape index (κ2) is 14.6. The summed E-state index contributed by atoms with van der Waals surface area (Å²) in [6.07, 6.45) is 2.19. The van der Waals surface area contributed by atoms with Crippen molar-refractivity contribution in [3.05, 3.63) is 78.1 Å². The zero-order chi connectivity index (χ0) is 28.1. The molecule has 0 saturated carbocycles. The van der Waals surface area contributed by atoms with Crippen molar-refractivity contribution >= 4 is 29.5 Å². The lowest BCUT2D eigenvalue weighted by Gasteiger charge is -2.46. The molecule has 0 atom stereocenters. The second-order valence-electron chi connectivity index (χ2n) is 8.59. The molecule has 9 nitrogen and oxygen atoms in total. The first kappa shape index (κ1) is 30.2. The van der Waals surface area contributed by atoms with Crippen LogP contribution in [0, 0.1) is 5.82 Å². The SMILES string of the molecule is CCOC(=O)C1(N(C(=O)CC)c2cccc(F)c2)CCN(Cc2ccccc2)CC1.O=C(O)/C=C\C(=O)O. The van der Waals surface area contributed by atoms with E-state index >= 15 is 0 Å². The lowest BCUT2D eigenvalue weighted by Crippen LogP contribution is -2.62. The summed E-state index contributed by atoms with van der Waals surface area (Å²) in [5.41, 5.74) is 0.462. The highest BCUT2D eigenvalue weighted by Crippen LogP contribution is 2.36. The molecule has 0 spiro atoms. The van der Waals surface area contributed by atoms with E-state index in [2.05, 4.69) is 17.0 Å². The van der Waals surface area contributed by atoms with Gasteiger partial charge in [0.2, 0.25) is 5.91 Å². The molecule has 1 heterocycles. The van der Waals surface area contributed by atoms with Gasteiger partial charge in [0.25, 0.3) is 0 Å². The van der Waals surface area contributed by atoms with Gasteiger partial charge in [0.15, 0.2) is 0 Å². The Labute approximate surface area is 221 Å². The fourth-order valence-electron chi connectivity index (χ4n) is 4.25. The molecule has 38 heavy (non-hydrogen) atoms. The molecule has 1 aliphatic rings. The monoisotopic (exact) mass is 528 g/mol. The Bertz CT molecular complexity index is 1110. The van der Waals surface area contributed by atoms with E-state index in [0.717, 1.165) is 6.54 Å². The van der Waals surface area contributed by atoms with Crippen molar-refractivity contribution in [2.45, 2.75) is 45.2 Å². The second-order valence-corrected chi connectivity index (χ2v) is 8.59. The Balaban J connectivity index is 0.000000550. The highest BCUT2D eigenvalue weighted by molar-refractivity contribution is 6.02. The predicted octanol–water partition coefficient (Wildman–Crippen LogP) is 3.88. The number of benzene rings is 2. The van der Waals surface area contributed by atoms with Crippen LogP contribution in [0.4, 0.5) is 10.1 Å². The quantitative estimate of drug-likeness (QED) is 0.371. The van der Waals surface area contributed by atoms with Crippen LogP contribution < -0.4 is 4.90 Å². The van der Waals surface area contributed by atoms with E-state index in [1.54, 1.807) is 26.0 Å². The van der Waals surface area contributed by atoms with Crippen molar-refractivity contribution in [1.29, 1.82) is 0 Å². The van der Waals surface area contributed by atoms with Gasteiger partial charge in [0.05, 0.1) is 6.61 Å². The predicted molar refractivity (Wildman–Crippen MR) is 139 cm³/mol. The molecule has 0 radical (unpaired) electrons. The van der Waals surface area contributed by atoms with E-state index in [9.17, 15) is 23.6 Å². The molecule has 2 aromatic carbocycles. The summed E-state index contributed by atoms with van der Waals surface area (Å²) >= 11 is 0. The number of carbonyl (C=O) groups excluding carboxylic acids is 2. The fraction of sp³-hybridized carbons (Fsp3) is 0.357. The number of esters is 1. The molecule has 2 aromatic rings. The molecule has 0 aliphatic carbocycles. The third-order valence-electron chi connectivity index (χ3n) is 6.00. The number of likely N-dealkylation sites (tertiary alicyclic amines) is 1. The molecule has 1 aliphatic heterocycles. The number of carboxylic acids is 2. The summed E-state index contributed by atoms with van der Waals surface area (Å²) in [5.74, 6) is -3.60. The molecule has 0 unspecified atom stereocenters. The van der Waals surface area contributed by atoms with Crippen LogP contribution >= 0.6 is 0 Å². The number of hydrogen-bond acceptors (Lipinski definition) is 6. The van der Waals surface area contributed by atoms with E-state index < -0.39 is 29.3 Å². The highest BCUT2D eigenvalue weighted by Gasteiger charge is 2.50. The number of ether oxygens (including phenoxy) is 1. The van der Waals surface area contributed by atoms with E-state index in [0.29, 0.717) is 43.8 Å². The molecular formula is C28H33FN2O7. The Morgan fingerprint density at radius 2 is 1.58 bits per heavy atom. The molecule has 3 rings (SSSR count). The smallest absolute Gasteiger partial charge is 0.332 e. The molecule has 0 bridgehead atoms. The summed E-state index contributed by atoms with van der Waals surface area (Å²) in [6.45, 7) is 5.78. The van der Waals surface area contributed by atoms with Crippen LogP contribution in [-0.2, 0) is 30.5 Å². The number of anilines is 1. The van der Waals surface area contributed by atoms with Gasteiger partial charge in [-0.05, 0) is 43.5 Å². The summed E-state index contributed by atoms with van der Waals surface area (Å²) in [7, 11) is 0. The zero-order valence-corrected chi connectivity index (χ0v) is 21.5. The molecule has 1 fully saturated rings. The van der Waals surface area contributed by atoms with Crippen molar-refractivity contribution in [3.63, 3.8) is 0 Å². The third kappa shape index (κ3) is 8.52. The first-order chi connectivity index (χ1) is 18.1. The highest BCUT2D eigenvalue weighted by atomic mass is 19.1. The molecule has 0 aromatic heterocycles. The number of carboxylic acid groups (broad SMARTS) is 2. The summed E-state index contributed by atoms with van der Waals surface area (Å²) in [6, 6.07) is 16.0. The number of carbonyl (C=O) groups is 4. The number of amides is 1. The van der Waals surface area contributed by atoms with E-state index in [-0.39, 0.29) is 18.9 Å². The normalized spacial score (nSPS) is 14.7. The molecule has 1 saturated heterocycles. The van der Waals surface area contributed by atoms with Gasteiger partial charge in [-0.25, -0.2) is 18.8 Å². The summed E-state index contributed by atoms with van der Waals surface area (Å²) < 4.78 is 19.4. The van der Waals surface area contributed by atoms with E-state index in [1.807, 2.05) is 18.2 Å². The van der Waals surface area contributed by atoms with Gasteiger partial charge in [0, 0.05) is 43.9 Å². The zero-order valence-electron chi connectivity index (χ0n) is 21.5. The largest absolute Gasteiger partial charge is 0.478 e. The minimum absolute atomic E-state index is 0.214. The van der Waals surface area contributed by atoms with Gasteiger partial charge in [0.1, 0.15) is 11.4 Å². The standard InChI is InChI=1S/C24H29FN2O3.C4H4O4/c1-3-22(28)27(21-12-8-11-20(25)17-21)24(23(29)30-4-2)13-15-26(16-14-24)18-19-9-6-5-7-10-19;5-3(6)1-2-4(7)8/h5-12,17H,3-4,13-16,18H2,1-2H3;1-2H,(H,5,6)(H,7,8)/b;2-1-. The maximum absolute atomic E-state index is 14.0. The van der Waals surface area contributed by atoms with E-state index in [4.69, 9.17) is 14.9 Å². The first-order valence-electron chi connectivity index (χ1n) is 12.3. The lowest BCUT2D eigenvalue weighted by molar-refractivity contribution is -0.153. The number of halogens is 1. The summed E-state index contributed by atoms with van der Waals surface area (Å²) in [5, 5.41) is 15.6. The van der Waals surface area contributed by atoms with E-state index in [1.165, 1.54) is 22.6 Å².